The first-order valence-corrected chi connectivity index (χ1v) is 8.07. The van der Waals surface area contributed by atoms with Crippen LogP contribution in [0.3, 0.4) is 0 Å². The lowest BCUT2D eigenvalue weighted by Gasteiger charge is -2.28. The molecule has 1 aliphatic heterocycles. The lowest BCUT2D eigenvalue weighted by atomic mass is 9.82. The molecule has 2 atom stereocenters. The van der Waals surface area contributed by atoms with Gasteiger partial charge in [-0.15, -0.1) is 0 Å². The summed E-state index contributed by atoms with van der Waals surface area (Å²) < 4.78 is 0. The molecule has 1 fully saturated rings. The van der Waals surface area contributed by atoms with Crippen molar-refractivity contribution in [3.63, 3.8) is 0 Å². The van der Waals surface area contributed by atoms with Crippen molar-refractivity contribution in [2.45, 2.75) is 37.8 Å². The van der Waals surface area contributed by atoms with E-state index in [1.165, 1.54) is 16.8 Å². The zero-order valence-electron chi connectivity index (χ0n) is 14.0. The predicted octanol–water partition coefficient (Wildman–Crippen LogP) is 4.35. The second-order valence-corrected chi connectivity index (χ2v) is 7.10. The quantitative estimate of drug-likeness (QED) is 0.905. The maximum absolute atomic E-state index is 3.82. The first-order chi connectivity index (χ1) is 10.5. The number of nitrogens with one attached hydrogen (secondary N) is 1. The number of benzene rings is 2. The highest BCUT2D eigenvalue weighted by Crippen LogP contribution is 2.43. The van der Waals surface area contributed by atoms with Crippen LogP contribution in [0.1, 0.15) is 43.4 Å². The van der Waals surface area contributed by atoms with Gasteiger partial charge >= 0.3 is 0 Å². The summed E-state index contributed by atoms with van der Waals surface area (Å²) in [5.74, 6) is 0.536. The van der Waals surface area contributed by atoms with Gasteiger partial charge in [-0.25, -0.2) is 0 Å². The molecule has 2 aromatic carbocycles. The minimum Gasteiger partial charge on any atom is -0.378 e. The second-order valence-electron chi connectivity index (χ2n) is 7.10. The number of anilines is 1. The van der Waals surface area contributed by atoms with E-state index in [1.54, 1.807) is 0 Å². The Morgan fingerprint density at radius 3 is 2.14 bits per heavy atom. The molecule has 3 rings (SSSR count). The topological polar surface area (TPSA) is 15.3 Å². The van der Waals surface area contributed by atoms with Gasteiger partial charge in [0.1, 0.15) is 0 Å². The van der Waals surface area contributed by atoms with Crippen molar-refractivity contribution in [3.8, 4) is 0 Å². The molecule has 1 saturated heterocycles. The van der Waals surface area contributed by atoms with Gasteiger partial charge in [0.2, 0.25) is 0 Å². The Hall–Kier alpha value is -1.80. The van der Waals surface area contributed by atoms with Crippen LogP contribution in [-0.4, -0.2) is 19.6 Å². The molecule has 0 unspecified atom stereocenters. The predicted molar refractivity (Wildman–Crippen MR) is 94.5 cm³/mol. The number of hydrogen-bond donors (Lipinski definition) is 1. The molecule has 2 aromatic rings. The monoisotopic (exact) mass is 294 g/mol. The van der Waals surface area contributed by atoms with Gasteiger partial charge in [-0.05, 0) is 43.5 Å². The van der Waals surface area contributed by atoms with Crippen LogP contribution in [0.25, 0.3) is 0 Å². The highest BCUT2D eigenvalue weighted by atomic mass is 15.1. The number of nitrogens with zero attached hydrogens (tertiary/aromatic N) is 1. The average Bonchev–Trinajstić information content (AvgIpc) is 2.84. The summed E-state index contributed by atoms with van der Waals surface area (Å²) in [4.78, 5) is 2.15. The van der Waals surface area contributed by atoms with Gasteiger partial charge in [0.05, 0.1) is 0 Å². The highest BCUT2D eigenvalue weighted by Gasteiger charge is 2.40. The number of rotatable bonds is 3. The van der Waals surface area contributed by atoms with E-state index in [0.717, 1.165) is 6.42 Å². The molecular formula is C20H26N2. The second kappa shape index (κ2) is 5.77. The lowest BCUT2D eigenvalue weighted by Crippen LogP contribution is -2.37. The summed E-state index contributed by atoms with van der Waals surface area (Å²) in [6, 6.07) is 20.3. The molecule has 0 radical (unpaired) electrons. The van der Waals surface area contributed by atoms with E-state index in [-0.39, 0.29) is 5.54 Å². The first-order valence-electron chi connectivity index (χ1n) is 8.07. The molecule has 0 saturated carbocycles. The fourth-order valence-corrected chi connectivity index (χ4v) is 3.60. The molecule has 0 bridgehead atoms. The fourth-order valence-electron chi connectivity index (χ4n) is 3.60. The standard InChI is InChI=1S/C20H26N2/c1-20(2)18(15-10-12-17(13-11-15)22(3)4)14-19(21-20)16-8-6-5-7-9-16/h5-13,18-19,21H,14H2,1-4H3/t18-,19-/m0/s1. The van der Waals surface area contributed by atoms with Crippen molar-refractivity contribution in [1.82, 2.24) is 5.32 Å². The van der Waals surface area contributed by atoms with Crippen LogP contribution >= 0.6 is 0 Å². The van der Waals surface area contributed by atoms with Crippen LogP contribution < -0.4 is 10.2 Å². The third-order valence-corrected chi connectivity index (χ3v) is 4.90. The van der Waals surface area contributed by atoms with E-state index < -0.39 is 0 Å². The van der Waals surface area contributed by atoms with Gasteiger partial charge in [-0.1, -0.05) is 42.5 Å². The third-order valence-electron chi connectivity index (χ3n) is 4.90. The summed E-state index contributed by atoms with van der Waals surface area (Å²) in [6.07, 6.45) is 1.15. The van der Waals surface area contributed by atoms with Crippen molar-refractivity contribution in [3.05, 3.63) is 65.7 Å². The highest BCUT2D eigenvalue weighted by molar-refractivity contribution is 5.47. The molecule has 0 amide bonds. The Bertz CT molecular complexity index is 614. The van der Waals surface area contributed by atoms with E-state index in [2.05, 4.69) is 92.8 Å². The Kier molecular flexibility index (Phi) is 3.96. The maximum Gasteiger partial charge on any atom is 0.0361 e. The van der Waals surface area contributed by atoms with Gasteiger partial charge in [-0.3, -0.25) is 0 Å². The van der Waals surface area contributed by atoms with Gasteiger partial charge in [0.15, 0.2) is 0 Å². The summed E-state index contributed by atoms with van der Waals surface area (Å²) >= 11 is 0. The van der Waals surface area contributed by atoms with Gasteiger partial charge in [-0.2, -0.15) is 0 Å². The Morgan fingerprint density at radius 2 is 1.55 bits per heavy atom. The summed E-state index contributed by atoms with van der Waals surface area (Å²) in [5.41, 5.74) is 4.19. The van der Waals surface area contributed by atoms with E-state index in [0.29, 0.717) is 12.0 Å². The molecule has 0 aromatic heterocycles. The van der Waals surface area contributed by atoms with Crippen LogP contribution in [0.2, 0.25) is 0 Å². The zero-order chi connectivity index (χ0) is 15.7. The zero-order valence-corrected chi connectivity index (χ0v) is 14.0. The van der Waals surface area contributed by atoms with Gasteiger partial charge < -0.3 is 10.2 Å². The molecule has 1 N–H and O–H groups in total. The SMILES string of the molecule is CN(C)c1ccc([C@@H]2C[C@@H](c3ccccc3)NC2(C)C)cc1. The van der Waals surface area contributed by atoms with E-state index in [9.17, 15) is 0 Å². The summed E-state index contributed by atoms with van der Waals surface area (Å²) in [6.45, 7) is 4.64. The van der Waals surface area contributed by atoms with Crippen LogP contribution in [0.15, 0.2) is 54.6 Å². The van der Waals surface area contributed by atoms with E-state index in [4.69, 9.17) is 0 Å². The smallest absolute Gasteiger partial charge is 0.0361 e. The Balaban J connectivity index is 1.84. The van der Waals surface area contributed by atoms with Crippen LogP contribution in [0.4, 0.5) is 5.69 Å². The third kappa shape index (κ3) is 2.89. The summed E-state index contributed by atoms with van der Waals surface area (Å²) in [7, 11) is 4.17. The molecule has 116 valence electrons. The van der Waals surface area contributed by atoms with Crippen molar-refractivity contribution in [2.75, 3.05) is 19.0 Å². The van der Waals surface area contributed by atoms with E-state index in [1.807, 2.05) is 0 Å². The molecule has 22 heavy (non-hydrogen) atoms. The molecule has 0 aliphatic carbocycles. The first kappa shape index (κ1) is 15.1. The molecular weight excluding hydrogens is 268 g/mol. The molecule has 1 heterocycles. The molecule has 1 aliphatic rings. The van der Waals surface area contributed by atoms with E-state index >= 15 is 0 Å². The van der Waals surface area contributed by atoms with Crippen LogP contribution in [0.5, 0.6) is 0 Å². The molecule has 2 nitrogen and oxygen atoms in total. The average molecular weight is 294 g/mol. The van der Waals surface area contributed by atoms with Crippen LogP contribution in [0, 0.1) is 0 Å². The Morgan fingerprint density at radius 1 is 0.909 bits per heavy atom. The molecule has 2 heteroatoms. The van der Waals surface area contributed by atoms with Gasteiger partial charge in [0.25, 0.3) is 0 Å². The van der Waals surface area contributed by atoms with Crippen molar-refractivity contribution in [2.24, 2.45) is 0 Å². The van der Waals surface area contributed by atoms with Crippen molar-refractivity contribution >= 4 is 5.69 Å². The lowest BCUT2D eigenvalue weighted by molar-refractivity contribution is 0.397. The van der Waals surface area contributed by atoms with Crippen LogP contribution in [-0.2, 0) is 0 Å². The Labute approximate surface area is 134 Å². The largest absolute Gasteiger partial charge is 0.378 e. The number of hydrogen-bond acceptors (Lipinski definition) is 2. The molecule has 0 spiro atoms. The minimum atomic E-state index is 0.111. The fraction of sp³-hybridized carbons (Fsp3) is 0.400. The minimum absolute atomic E-state index is 0.111. The summed E-state index contributed by atoms with van der Waals surface area (Å²) in [5, 5.41) is 3.82. The van der Waals surface area contributed by atoms with Gasteiger partial charge in [0, 0.05) is 37.3 Å². The maximum atomic E-state index is 3.82. The normalized spacial score (nSPS) is 23.5. The van der Waals surface area contributed by atoms with Crippen molar-refractivity contribution < 1.29 is 0 Å². The van der Waals surface area contributed by atoms with Crippen molar-refractivity contribution in [1.29, 1.82) is 0 Å².